The van der Waals surface area contributed by atoms with Crippen LogP contribution >= 0.6 is 0 Å². The van der Waals surface area contributed by atoms with E-state index in [1.807, 2.05) is 0 Å². The van der Waals surface area contributed by atoms with Gasteiger partial charge in [0.25, 0.3) is 0 Å². The van der Waals surface area contributed by atoms with Crippen molar-refractivity contribution in [3.63, 3.8) is 0 Å². The summed E-state index contributed by atoms with van der Waals surface area (Å²) in [5.41, 5.74) is 18.4. The predicted molar refractivity (Wildman–Crippen MR) is 231 cm³/mol. The van der Waals surface area contributed by atoms with Crippen molar-refractivity contribution >= 4 is 28.5 Å². The molecule has 260 valence electrons. The summed E-state index contributed by atoms with van der Waals surface area (Å²) in [6, 6.07) is 71.5. The lowest BCUT2D eigenvalue weighted by atomic mass is 9.90. The summed E-state index contributed by atoms with van der Waals surface area (Å²) in [5, 5.41) is 0. The Balaban J connectivity index is 1.17. The third kappa shape index (κ3) is 7.28. The van der Waals surface area contributed by atoms with Crippen LogP contribution in [0.2, 0.25) is 0 Å². The van der Waals surface area contributed by atoms with Crippen LogP contribution in [-0.2, 0) is 0 Å². The smallest absolute Gasteiger partial charge is 0.0662 e. The first-order valence-corrected chi connectivity index (χ1v) is 18.5. The average molecular weight is 695 g/mol. The van der Waals surface area contributed by atoms with Crippen molar-refractivity contribution < 1.29 is 0 Å². The summed E-state index contributed by atoms with van der Waals surface area (Å²) in [5.74, 6) is 0. The number of nitrogens with zero attached hydrogens (tertiary/aromatic N) is 2. The third-order valence-corrected chi connectivity index (χ3v) is 10.2. The Bertz CT molecular complexity index is 2450. The highest BCUT2D eigenvalue weighted by Crippen LogP contribution is 2.39. The van der Waals surface area contributed by atoms with Crippen LogP contribution in [0.3, 0.4) is 0 Å². The highest BCUT2D eigenvalue weighted by molar-refractivity contribution is 6.06. The molecule has 0 amide bonds. The van der Waals surface area contributed by atoms with E-state index < -0.39 is 0 Å². The number of hydrogen-bond acceptors (Lipinski definition) is 2. The molecule has 0 aliphatic carbocycles. The fourth-order valence-electron chi connectivity index (χ4n) is 7.18. The molecule has 0 aromatic heterocycles. The van der Waals surface area contributed by atoms with Gasteiger partial charge in [-0.1, -0.05) is 152 Å². The van der Waals surface area contributed by atoms with Crippen molar-refractivity contribution in [3.05, 3.63) is 217 Å². The third-order valence-electron chi connectivity index (χ3n) is 10.2. The molecular weight excluding hydrogens is 653 g/mol. The molecular formula is C52H42N2. The van der Waals surface area contributed by atoms with Crippen LogP contribution in [0.15, 0.2) is 205 Å². The molecule has 8 aromatic carbocycles. The minimum absolute atomic E-state index is 0.997. The summed E-state index contributed by atoms with van der Waals surface area (Å²) in [6.45, 7) is 6.41. The summed E-state index contributed by atoms with van der Waals surface area (Å²) in [7, 11) is 0. The van der Waals surface area contributed by atoms with Gasteiger partial charge in [-0.3, -0.25) is 4.99 Å². The van der Waals surface area contributed by atoms with Crippen LogP contribution in [0.25, 0.3) is 44.5 Å². The molecule has 0 fully saturated rings. The predicted octanol–water partition coefficient (Wildman–Crippen LogP) is 14.6. The maximum atomic E-state index is 5.09. The van der Waals surface area contributed by atoms with Gasteiger partial charge in [-0.2, -0.15) is 0 Å². The SMILES string of the molecule is CC(=Nc1ccccc1C)c1ccc(-c2ccc(N(c3ccc(-c4ccccc4)cc3)c3ccc(-c4ccccc4)cc3)cc2)cc1-c1ccccc1C. The van der Waals surface area contributed by atoms with Gasteiger partial charge < -0.3 is 4.90 Å². The van der Waals surface area contributed by atoms with Crippen molar-refractivity contribution in [1.29, 1.82) is 0 Å². The molecule has 8 rings (SSSR count). The van der Waals surface area contributed by atoms with Gasteiger partial charge in [0.2, 0.25) is 0 Å². The van der Waals surface area contributed by atoms with Crippen molar-refractivity contribution in [3.8, 4) is 44.5 Å². The van der Waals surface area contributed by atoms with Gasteiger partial charge in [-0.15, -0.1) is 0 Å². The van der Waals surface area contributed by atoms with Crippen molar-refractivity contribution in [2.75, 3.05) is 4.90 Å². The molecule has 0 bridgehead atoms. The normalized spacial score (nSPS) is 11.4. The summed E-state index contributed by atoms with van der Waals surface area (Å²) in [6.07, 6.45) is 0. The van der Waals surface area contributed by atoms with Crippen LogP contribution in [-0.4, -0.2) is 5.71 Å². The van der Waals surface area contributed by atoms with E-state index in [2.05, 4.69) is 226 Å². The van der Waals surface area contributed by atoms with Gasteiger partial charge in [-0.25, -0.2) is 0 Å². The molecule has 8 aromatic rings. The van der Waals surface area contributed by atoms with Gasteiger partial charge in [0, 0.05) is 28.3 Å². The average Bonchev–Trinajstić information content (AvgIpc) is 3.23. The standard InChI is InChI=1S/C52H42N2/c1-37-14-10-12-20-49(37)51-36-45(28-35-50(51)39(3)53-52-21-13-11-15-38(52)2)44-26-33-48(34-27-44)54(46-29-22-42(23-30-46)40-16-6-4-7-17-40)47-31-24-43(25-32-47)41-18-8-5-9-19-41/h4-36H,1-3H3. The van der Waals surface area contributed by atoms with E-state index in [0.29, 0.717) is 0 Å². The minimum atomic E-state index is 0.997. The maximum Gasteiger partial charge on any atom is 0.0662 e. The van der Waals surface area contributed by atoms with Gasteiger partial charge in [-0.05, 0) is 125 Å². The molecule has 2 nitrogen and oxygen atoms in total. The highest BCUT2D eigenvalue weighted by atomic mass is 15.1. The van der Waals surface area contributed by atoms with E-state index in [4.69, 9.17) is 4.99 Å². The molecule has 0 N–H and O–H groups in total. The second-order valence-electron chi connectivity index (χ2n) is 13.8. The quantitative estimate of drug-likeness (QED) is 0.137. The lowest BCUT2D eigenvalue weighted by Crippen LogP contribution is -2.09. The Morgan fingerprint density at radius 2 is 0.778 bits per heavy atom. The monoisotopic (exact) mass is 694 g/mol. The molecule has 0 radical (unpaired) electrons. The Morgan fingerprint density at radius 1 is 0.370 bits per heavy atom. The Labute approximate surface area is 319 Å². The Hall–Kier alpha value is -6.77. The zero-order valence-electron chi connectivity index (χ0n) is 30.9. The number of aryl methyl sites for hydroxylation is 2. The second-order valence-corrected chi connectivity index (χ2v) is 13.8. The van der Waals surface area contributed by atoms with Crippen molar-refractivity contribution in [2.45, 2.75) is 20.8 Å². The lowest BCUT2D eigenvalue weighted by Gasteiger charge is -2.26. The van der Waals surface area contributed by atoms with Gasteiger partial charge in [0.1, 0.15) is 0 Å². The number of benzene rings is 8. The number of anilines is 3. The fourth-order valence-corrected chi connectivity index (χ4v) is 7.18. The van der Waals surface area contributed by atoms with E-state index in [0.717, 1.165) is 39.6 Å². The molecule has 0 atom stereocenters. The summed E-state index contributed by atoms with van der Waals surface area (Å²) < 4.78 is 0. The molecule has 0 aliphatic rings. The van der Waals surface area contributed by atoms with Crippen molar-refractivity contribution in [1.82, 2.24) is 0 Å². The Kier molecular flexibility index (Phi) is 9.82. The van der Waals surface area contributed by atoms with E-state index in [1.165, 1.54) is 50.1 Å². The number of aliphatic imine (C=N–C) groups is 1. The molecule has 0 saturated carbocycles. The molecule has 2 heteroatoms. The largest absolute Gasteiger partial charge is 0.311 e. The first-order chi connectivity index (χ1) is 26.5. The van der Waals surface area contributed by atoms with Crippen LogP contribution in [0.1, 0.15) is 23.6 Å². The zero-order valence-corrected chi connectivity index (χ0v) is 30.9. The molecule has 0 unspecified atom stereocenters. The van der Waals surface area contributed by atoms with Crippen LogP contribution in [0.4, 0.5) is 22.7 Å². The van der Waals surface area contributed by atoms with Gasteiger partial charge in [0.15, 0.2) is 0 Å². The molecule has 0 aliphatic heterocycles. The number of rotatable bonds is 9. The van der Waals surface area contributed by atoms with Crippen LogP contribution in [0, 0.1) is 13.8 Å². The highest BCUT2D eigenvalue weighted by Gasteiger charge is 2.16. The summed E-state index contributed by atoms with van der Waals surface area (Å²) >= 11 is 0. The Morgan fingerprint density at radius 3 is 1.28 bits per heavy atom. The summed E-state index contributed by atoms with van der Waals surface area (Å²) in [4.78, 5) is 7.43. The van der Waals surface area contributed by atoms with E-state index in [-0.39, 0.29) is 0 Å². The lowest BCUT2D eigenvalue weighted by molar-refractivity contribution is 1.28. The van der Waals surface area contributed by atoms with Gasteiger partial charge >= 0.3 is 0 Å². The van der Waals surface area contributed by atoms with Crippen molar-refractivity contribution in [2.24, 2.45) is 4.99 Å². The van der Waals surface area contributed by atoms with E-state index in [9.17, 15) is 0 Å². The molecule has 0 spiro atoms. The second kappa shape index (κ2) is 15.5. The molecule has 54 heavy (non-hydrogen) atoms. The topological polar surface area (TPSA) is 15.6 Å². The number of para-hydroxylation sites is 1. The maximum absolute atomic E-state index is 5.09. The first kappa shape index (κ1) is 34.3. The van der Waals surface area contributed by atoms with E-state index in [1.54, 1.807) is 0 Å². The number of hydrogen-bond donors (Lipinski definition) is 0. The van der Waals surface area contributed by atoms with Crippen LogP contribution in [0.5, 0.6) is 0 Å². The van der Waals surface area contributed by atoms with Gasteiger partial charge in [0.05, 0.1) is 5.69 Å². The first-order valence-electron chi connectivity index (χ1n) is 18.5. The van der Waals surface area contributed by atoms with E-state index >= 15 is 0 Å². The molecule has 0 heterocycles. The minimum Gasteiger partial charge on any atom is -0.311 e. The zero-order chi connectivity index (χ0) is 36.9. The fraction of sp³-hybridized carbons (Fsp3) is 0.0577. The molecule has 0 saturated heterocycles. The van der Waals surface area contributed by atoms with Crippen LogP contribution < -0.4 is 4.90 Å².